The maximum Gasteiger partial charge on any atom is 0.0609 e. The molecule has 0 heterocycles. The molecule has 0 spiro atoms. The molecular weight excluding hydrogens is 200 g/mol. The number of nitrogen functional groups attached to an aromatic ring is 1. The molecule has 0 aromatic heterocycles. The molecule has 0 radical (unpaired) electrons. The van der Waals surface area contributed by atoms with E-state index in [0.29, 0.717) is 0 Å². The van der Waals surface area contributed by atoms with Crippen LogP contribution in [0, 0.1) is 0 Å². The van der Waals surface area contributed by atoms with E-state index in [1.54, 1.807) is 0 Å². The van der Waals surface area contributed by atoms with E-state index in [4.69, 9.17) is 5.73 Å². The fourth-order valence-electron chi connectivity index (χ4n) is 1.40. The lowest BCUT2D eigenvalue weighted by Crippen LogP contribution is -2.45. The summed E-state index contributed by atoms with van der Waals surface area (Å²) < 4.78 is 0. The predicted octanol–water partition coefficient (Wildman–Crippen LogP) is 1.51. The van der Waals surface area contributed by atoms with Crippen LogP contribution in [0.15, 0.2) is 24.3 Å². The minimum atomic E-state index is -0.159. The van der Waals surface area contributed by atoms with Gasteiger partial charge in [-0.2, -0.15) is 0 Å². The van der Waals surface area contributed by atoms with Gasteiger partial charge in [0.2, 0.25) is 0 Å². The molecular formula is C13H22N2O. The van der Waals surface area contributed by atoms with E-state index in [9.17, 15) is 5.11 Å². The molecule has 0 unspecified atom stereocenters. The van der Waals surface area contributed by atoms with Crippen LogP contribution in [0.4, 0.5) is 5.69 Å². The number of aliphatic hydroxyl groups is 1. The fraction of sp³-hybridized carbons (Fsp3) is 0.538. The number of benzene rings is 1. The zero-order chi connectivity index (χ0) is 12.2. The number of hydrogen-bond acceptors (Lipinski definition) is 3. The van der Waals surface area contributed by atoms with Crippen LogP contribution in [0.5, 0.6) is 0 Å². The summed E-state index contributed by atoms with van der Waals surface area (Å²) in [7, 11) is 2.04. The molecule has 0 bridgehead atoms. The van der Waals surface area contributed by atoms with Crippen LogP contribution in [0.25, 0.3) is 0 Å². The molecule has 0 aliphatic heterocycles. The van der Waals surface area contributed by atoms with Gasteiger partial charge >= 0.3 is 0 Å². The maximum absolute atomic E-state index is 9.24. The number of anilines is 1. The SMILES string of the molecule is CN(CCc1ccc(N)cc1)C(C)(C)CO. The normalized spacial score (nSPS) is 12.1. The van der Waals surface area contributed by atoms with Gasteiger partial charge in [-0.05, 0) is 45.0 Å². The Morgan fingerprint density at radius 3 is 2.31 bits per heavy atom. The highest BCUT2D eigenvalue weighted by molar-refractivity contribution is 5.39. The van der Waals surface area contributed by atoms with Crippen LogP contribution in [0.2, 0.25) is 0 Å². The first kappa shape index (κ1) is 13.0. The number of nitrogens with zero attached hydrogens (tertiary/aromatic N) is 1. The molecule has 0 amide bonds. The lowest BCUT2D eigenvalue weighted by molar-refractivity contribution is 0.0801. The summed E-state index contributed by atoms with van der Waals surface area (Å²) in [5.74, 6) is 0. The van der Waals surface area contributed by atoms with Crippen LogP contribution in [-0.4, -0.2) is 35.7 Å². The van der Waals surface area contributed by atoms with Crippen molar-refractivity contribution in [3.63, 3.8) is 0 Å². The second-order valence-electron chi connectivity index (χ2n) is 4.88. The molecule has 0 fully saturated rings. The van der Waals surface area contributed by atoms with Crippen LogP contribution < -0.4 is 5.73 Å². The molecule has 1 rings (SSSR count). The van der Waals surface area contributed by atoms with Crippen molar-refractivity contribution in [1.29, 1.82) is 0 Å². The van der Waals surface area contributed by atoms with Gasteiger partial charge in [-0.3, -0.25) is 4.90 Å². The highest BCUT2D eigenvalue weighted by atomic mass is 16.3. The van der Waals surface area contributed by atoms with Crippen molar-refractivity contribution in [2.24, 2.45) is 0 Å². The lowest BCUT2D eigenvalue weighted by atomic mass is 10.0. The van der Waals surface area contributed by atoms with E-state index in [0.717, 1.165) is 18.7 Å². The lowest BCUT2D eigenvalue weighted by Gasteiger charge is -2.33. The van der Waals surface area contributed by atoms with Crippen LogP contribution in [0.1, 0.15) is 19.4 Å². The number of rotatable bonds is 5. The summed E-state index contributed by atoms with van der Waals surface area (Å²) in [6.07, 6.45) is 0.972. The summed E-state index contributed by atoms with van der Waals surface area (Å²) in [5, 5.41) is 9.24. The van der Waals surface area contributed by atoms with E-state index in [2.05, 4.69) is 17.0 Å². The zero-order valence-electron chi connectivity index (χ0n) is 10.4. The molecule has 1 aromatic rings. The minimum absolute atomic E-state index is 0.159. The summed E-state index contributed by atoms with van der Waals surface area (Å²) in [4.78, 5) is 2.17. The third-order valence-corrected chi connectivity index (χ3v) is 3.14. The Labute approximate surface area is 97.9 Å². The van der Waals surface area contributed by atoms with E-state index in [-0.39, 0.29) is 12.1 Å². The third-order valence-electron chi connectivity index (χ3n) is 3.14. The molecule has 0 aliphatic rings. The molecule has 0 saturated carbocycles. The van der Waals surface area contributed by atoms with Gasteiger partial charge in [0.25, 0.3) is 0 Å². The zero-order valence-corrected chi connectivity index (χ0v) is 10.4. The van der Waals surface area contributed by atoms with E-state index in [1.807, 2.05) is 33.0 Å². The first-order valence-electron chi connectivity index (χ1n) is 5.62. The summed E-state index contributed by atoms with van der Waals surface area (Å²) >= 11 is 0. The van der Waals surface area contributed by atoms with Crippen LogP contribution in [-0.2, 0) is 6.42 Å². The number of likely N-dealkylation sites (N-methyl/N-ethyl adjacent to an activating group) is 1. The van der Waals surface area contributed by atoms with Crippen LogP contribution >= 0.6 is 0 Å². The van der Waals surface area contributed by atoms with Crippen molar-refractivity contribution >= 4 is 5.69 Å². The van der Waals surface area contributed by atoms with Crippen molar-refractivity contribution in [2.45, 2.75) is 25.8 Å². The molecule has 0 atom stereocenters. The van der Waals surface area contributed by atoms with Gasteiger partial charge in [-0.25, -0.2) is 0 Å². The minimum Gasteiger partial charge on any atom is -0.399 e. The van der Waals surface area contributed by atoms with Crippen molar-refractivity contribution in [2.75, 3.05) is 25.9 Å². The fourth-order valence-corrected chi connectivity index (χ4v) is 1.40. The topological polar surface area (TPSA) is 49.5 Å². The maximum atomic E-state index is 9.24. The number of aliphatic hydroxyl groups excluding tert-OH is 1. The molecule has 0 aliphatic carbocycles. The Hall–Kier alpha value is -1.06. The molecule has 3 heteroatoms. The first-order valence-corrected chi connectivity index (χ1v) is 5.62. The van der Waals surface area contributed by atoms with Gasteiger partial charge < -0.3 is 10.8 Å². The highest BCUT2D eigenvalue weighted by Crippen LogP contribution is 2.12. The van der Waals surface area contributed by atoms with E-state index < -0.39 is 0 Å². The van der Waals surface area contributed by atoms with Gasteiger partial charge in [0.05, 0.1) is 6.61 Å². The van der Waals surface area contributed by atoms with Gasteiger partial charge in [0.15, 0.2) is 0 Å². The third kappa shape index (κ3) is 3.51. The molecule has 90 valence electrons. The van der Waals surface area contributed by atoms with Crippen molar-refractivity contribution < 1.29 is 5.11 Å². The van der Waals surface area contributed by atoms with Crippen LogP contribution in [0.3, 0.4) is 0 Å². The van der Waals surface area contributed by atoms with Gasteiger partial charge in [0, 0.05) is 17.8 Å². The monoisotopic (exact) mass is 222 g/mol. The smallest absolute Gasteiger partial charge is 0.0609 e. The van der Waals surface area contributed by atoms with Gasteiger partial charge in [-0.15, -0.1) is 0 Å². The standard InChI is InChI=1S/C13H22N2O/c1-13(2,10-16)15(3)9-8-11-4-6-12(14)7-5-11/h4-7,16H,8-10,14H2,1-3H3. The van der Waals surface area contributed by atoms with Gasteiger partial charge in [-0.1, -0.05) is 12.1 Å². The number of nitrogens with two attached hydrogens (primary N) is 1. The average Bonchev–Trinajstić information content (AvgIpc) is 2.28. The quantitative estimate of drug-likeness (QED) is 0.743. The Morgan fingerprint density at radius 1 is 1.25 bits per heavy atom. The molecule has 16 heavy (non-hydrogen) atoms. The molecule has 1 aromatic carbocycles. The van der Waals surface area contributed by atoms with Crippen molar-refractivity contribution in [3.05, 3.63) is 29.8 Å². The Balaban J connectivity index is 2.49. The van der Waals surface area contributed by atoms with Crippen molar-refractivity contribution in [1.82, 2.24) is 4.90 Å². The Bertz CT molecular complexity index is 319. The molecule has 3 N–H and O–H groups in total. The molecule has 0 saturated heterocycles. The van der Waals surface area contributed by atoms with Crippen molar-refractivity contribution in [3.8, 4) is 0 Å². The average molecular weight is 222 g/mol. The predicted molar refractivity (Wildman–Crippen MR) is 68.4 cm³/mol. The summed E-state index contributed by atoms with van der Waals surface area (Å²) in [5.41, 5.74) is 7.54. The highest BCUT2D eigenvalue weighted by Gasteiger charge is 2.21. The molecule has 3 nitrogen and oxygen atoms in total. The Kier molecular flexibility index (Phi) is 4.33. The number of hydrogen-bond donors (Lipinski definition) is 2. The second kappa shape index (κ2) is 5.32. The van der Waals surface area contributed by atoms with E-state index in [1.165, 1.54) is 5.56 Å². The second-order valence-corrected chi connectivity index (χ2v) is 4.88. The van der Waals surface area contributed by atoms with E-state index >= 15 is 0 Å². The van der Waals surface area contributed by atoms with Gasteiger partial charge in [0.1, 0.15) is 0 Å². The Morgan fingerprint density at radius 2 is 1.81 bits per heavy atom. The summed E-state index contributed by atoms with van der Waals surface area (Å²) in [6, 6.07) is 7.95. The summed E-state index contributed by atoms with van der Waals surface area (Å²) in [6.45, 7) is 5.18. The largest absolute Gasteiger partial charge is 0.399 e. The first-order chi connectivity index (χ1) is 7.45.